The molecule has 35 heavy (non-hydrogen) atoms. The van der Waals surface area contributed by atoms with Crippen LogP contribution in [0.25, 0.3) is 10.8 Å². The predicted molar refractivity (Wildman–Crippen MR) is 140 cm³/mol. The van der Waals surface area contributed by atoms with Crippen LogP contribution in [0.15, 0.2) is 84.9 Å². The number of rotatable bonds is 6. The molecule has 1 aliphatic rings. The molecule has 1 N–H and O–H groups in total. The molecule has 0 aromatic heterocycles. The monoisotopic (exact) mass is 465 g/mol. The van der Waals surface area contributed by atoms with Gasteiger partial charge in [0.2, 0.25) is 0 Å². The van der Waals surface area contributed by atoms with Crippen molar-refractivity contribution in [2.45, 2.75) is 38.3 Å². The van der Waals surface area contributed by atoms with Gasteiger partial charge in [0.25, 0.3) is 0 Å². The molecule has 4 heteroatoms. The molecule has 4 nitrogen and oxygen atoms in total. The van der Waals surface area contributed by atoms with Crippen LogP contribution in [-0.2, 0) is 4.74 Å². The third kappa shape index (κ3) is 4.54. The minimum absolute atomic E-state index is 0.00788. The van der Waals surface area contributed by atoms with Crippen molar-refractivity contribution in [3.63, 3.8) is 0 Å². The van der Waals surface area contributed by atoms with Gasteiger partial charge in [0, 0.05) is 24.1 Å². The molecule has 5 rings (SSSR count). The van der Waals surface area contributed by atoms with Gasteiger partial charge < -0.3 is 14.8 Å². The fraction of sp³-hybridized carbons (Fsp3) is 0.258. The number of benzene rings is 4. The zero-order valence-electron chi connectivity index (χ0n) is 20.5. The lowest BCUT2D eigenvalue weighted by Crippen LogP contribution is -2.37. The van der Waals surface area contributed by atoms with Gasteiger partial charge in [-0.25, -0.2) is 4.79 Å². The highest BCUT2D eigenvalue weighted by molar-refractivity contribution is 5.91. The summed E-state index contributed by atoms with van der Waals surface area (Å²) in [5, 5.41) is 6.25. The van der Waals surface area contributed by atoms with E-state index in [1.54, 1.807) is 0 Å². The van der Waals surface area contributed by atoms with Gasteiger partial charge in [0.05, 0.1) is 12.7 Å². The summed E-state index contributed by atoms with van der Waals surface area (Å²) in [5.41, 5.74) is 5.19. The van der Waals surface area contributed by atoms with Crippen molar-refractivity contribution >= 4 is 16.7 Å². The van der Waals surface area contributed by atoms with Crippen LogP contribution < -0.4 is 10.1 Å². The Labute approximate surface area is 206 Å². The Hall–Kier alpha value is -3.63. The molecule has 178 valence electrons. The highest BCUT2D eigenvalue weighted by Gasteiger charge is 2.31. The smallest absolute Gasteiger partial charge is 0.338 e. The van der Waals surface area contributed by atoms with E-state index in [0.717, 1.165) is 35.4 Å². The normalized spacial score (nSPS) is 17.9. The van der Waals surface area contributed by atoms with Crippen molar-refractivity contribution < 1.29 is 14.3 Å². The lowest BCUT2D eigenvalue weighted by molar-refractivity contribution is 0.0599. The molecule has 4 aromatic rings. The third-order valence-corrected chi connectivity index (χ3v) is 7.18. The van der Waals surface area contributed by atoms with E-state index in [0.29, 0.717) is 5.56 Å². The van der Waals surface area contributed by atoms with Crippen LogP contribution in [0, 0.1) is 6.92 Å². The quantitative estimate of drug-likeness (QED) is 0.327. The van der Waals surface area contributed by atoms with E-state index >= 15 is 0 Å². The van der Waals surface area contributed by atoms with Crippen molar-refractivity contribution in [3.05, 3.63) is 113 Å². The molecule has 0 aliphatic carbocycles. The van der Waals surface area contributed by atoms with Crippen molar-refractivity contribution in [1.82, 2.24) is 5.32 Å². The number of carbonyl (C=O) groups is 1. The average Bonchev–Trinajstić information content (AvgIpc) is 2.90. The summed E-state index contributed by atoms with van der Waals surface area (Å²) in [6.07, 6.45) is 0.839. The molecule has 0 spiro atoms. The molecule has 0 saturated heterocycles. The Morgan fingerprint density at radius 2 is 1.69 bits per heavy atom. The number of fused-ring (bicyclic) bond motifs is 2. The summed E-state index contributed by atoms with van der Waals surface area (Å²) in [5.74, 6) is 0.757. The standard InChI is InChI=1S/C31H31NO3/c1-20-24(14-9-15-25(20)31(33)34-3)29-18-23(35-30-17-7-6-13-28(29)30)19-32-21(2)26-16-8-11-22-10-4-5-12-27(22)26/h4-17,21,23,29,32H,18-19H2,1-3H3/t21-,23-,29+/m1/s1. The molecule has 0 saturated carbocycles. The topological polar surface area (TPSA) is 47.6 Å². The fourth-order valence-electron chi connectivity index (χ4n) is 5.32. The van der Waals surface area contributed by atoms with Gasteiger partial charge in [0.1, 0.15) is 11.9 Å². The first-order valence-corrected chi connectivity index (χ1v) is 12.2. The fourth-order valence-corrected chi connectivity index (χ4v) is 5.32. The van der Waals surface area contributed by atoms with Crippen molar-refractivity contribution in [3.8, 4) is 5.75 Å². The second-order valence-corrected chi connectivity index (χ2v) is 9.28. The van der Waals surface area contributed by atoms with Crippen molar-refractivity contribution in [2.24, 2.45) is 0 Å². The molecule has 0 fully saturated rings. The molecule has 1 aliphatic heterocycles. The minimum Gasteiger partial charge on any atom is -0.489 e. The van der Waals surface area contributed by atoms with Gasteiger partial charge in [-0.1, -0.05) is 72.8 Å². The zero-order chi connectivity index (χ0) is 24.4. The first kappa shape index (κ1) is 23.1. The van der Waals surface area contributed by atoms with E-state index < -0.39 is 0 Å². The Morgan fingerprint density at radius 1 is 0.971 bits per heavy atom. The number of carbonyl (C=O) groups excluding carboxylic acids is 1. The molecule has 0 radical (unpaired) electrons. The maximum Gasteiger partial charge on any atom is 0.338 e. The zero-order valence-corrected chi connectivity index (χ0v) is 20.5. The number of nitrogens with one attached hydrogen (secondary N) is 1. The van der Waals surface area contributed by atoms with Gasteiger partial charge in [-0.05, 0) is 59.9 Å². The van der Waals surface area contributed by atoms with E-state index in [4.69, 9.17) is 9.47 Å². The molecule has 3 atom stereocenters. The lowest BCUT2D eigenvalue weighted by atomic mass is 9.81. The summed E-state index contributed by atoms with van der Waals surface area (Å²) < 4.78 is 11.5. The summed E-state index contributed by atoms with van der Waals surface area (Å²) in [6, 6.07) is 29.3. The number of ether oxygens (including phenoxy) is 2. The number of esters is 1. The molecular formula is C31H31NO3. The Balaban J connectivity index is 1.40. The molecular weight excluding hydrogens is 434 g/mol. The van der Waals surface area contributed by atoms with E-state index in [2.05, 4.69) is 72.9 Å². The van der Waals surface area contributed by atoms with Gasteiger partial charge >= 0.3 is 5.97 Å². The lowest BCUT2D eigenvalue weighted by Gasteiger charge is -2.34. The van der Waals surface area contributed by atoms with Crippen LogP contribution in [0.1, 0.15) is 57.9 Å². The first-order valence-electron chi connectivity index (χ1n) is 12.2. The molecule has 4 aromatic carbocycles. The molecule has 0 amide bonds. The summed E-state index contributed by atoms with van der Waals surface area (Å²) in [6.45, 7) is 4.94. The highest BCUT2D eigenvalue weighted by atomic mass is 16.5. The predicted octanol–water partition coefficient (Wildman–Crippen LogP) is 6.57. The SMILES string of the molecule is COC(=O)c1cccc([C@@H]2C[C@H](CN[C@H](C)c3cccc4ccccc34)Oc3ccccc32)c1C. The Bertz CT molecular complexity index is 1360. The van der Waals surface area contributed by atoms with Crippen molar-refractivity contribution in [1.29, 1.82) is 0 Å². The molecule has 0 bridgehead atoms. The van der Waals surface area contributed by atoms with Gasteiger partial charge in [-0.2, -0.15) is 0 Å². The van der Waals surface area contributed by atoms with E-state index in [-0.39, 0.29) is 24.0 Å². The summed E-state index contributed by atoms with van der Waals surface area (Å²) >= 11 is 0. The second kappa shape index (κ2) is 9.93. The average molecular weight is 466 g/mol. The highest BCUT2D eigenvalue weighted by Crippen LogP contribution is 2.42. The maximum absolute atomic E-state index is 12.3. The maximum atomic E-state index is 12.3. The van der Waals surface area contributed by atoms with Crippen LogP contribution in [0.4, 0.5) is 0 Å². The van der Waals surface area contributed by atoms with Crippen LogP contribution in [0.3, 0.4) is 0 Å². The van der Waals surface area contributed by atoms with Crippen LogP contribution in [0.5, 0.6) is 5.75 Å². The van der Waals surface area contributed by atoms with E-state index in [1.165, 1.54) is 23.4 Å². The number of hydrogen-bond acceptors (Lipinski definition) is 4. The van der Waals surface area contributed by atoms with Crippen LogP contribution in [0.2, 0.25) is 0 Å². The van der Waals surface area contributed by atoms with Crippen LogP contribution >= 0.6 is 0 Å². The summed E-state index contributed by atoms with van der Waals surface area (Å²) in [7, 11) is 1.43. The van der Waals surface area contributed by atoms with Crippen LogP contribution in [-0.4, -0.2) is 25.7 Å². The number of hydrogen-bond donors (Lipinski definition) is 1. The number of para-hydroxylation sites is 1. The van der Waals surface area contributed by atoms with Gasteiger partial charge in [-0.15, -0.1) is 0 Å². The Morgan fingerprint density at radius 3 is 2.54 bits per heavy atom. The van der Waals surface area contributed by atoms with Gasteiger partial charge in [0.15, 0.2) is 0 Å². The van der Waals surface area contributed by atoms with E-state index in [1.807, 2.05) is 31.2 Å². The first-order chi connectivity index (χ1) is 17.1. The van der Waals surface area contributed by atoms with Gasteiger partial charge in [-0.3, -0.25) is 0 Å². The molecule has 1 heterocycles. The van der Waals surface area contributed by atoms with E-state index in [9.17, 15) is 4.79 Å². The largest absolute Gasteiger partial charge is 0.489 e. The summed E-state index contributed by atoms with van der Waals surface area (Å²) in [4.78, 5) is 12.3. The minimum atomic E-state index is -0.299. The third-order valence-electron chi connectivity index (χ3n) is 7.18. The Kier molecular flexibility index (Phi) is 6.56. The number of methoxy groups -OCH3 is 1. The van der Waals surface area contributed by atoms with Crippen molar-refractivity contribution in [2.75, 3.05) is 13.7 Å². The molecule has 0 unspecified atom stereocenters. The second-order valence-electron chi connectivity index (χ2n) is 9.28.